The molecule has 3 heterocycles. The molecular weight excluding hydrogens is 482 g/mol. The summed E-state index contributed by atoms with van der Waals surface area (Å²) in [7, 11) is 0. The van der Waals surface area contributed by atoms with Gasteiger partial charge in [-0.2, -0.15) is 18.4 Å². The van der Waals surface area contributed by atoms with Crippen molar-refractivity contribution < 1.29 is 18.1 Å². The van der Waals surface area contributed by atoms with E-state index < -0.39 is 17.1 Å². The van der Waals surface area contributed by atoms with Gasteiger partial charge >= 0.3 is 0 Å². The van der Waals surface area contributed by atoms with Crippen LogP contribution in [-0.4, -0.2) is 63.2 Å². The zero-order valence-electron chi connectivity index (χ0n) is 20.7. The summed E-state index contributed by atoms with van der Waals surface area (Å²) in [6, 6.07) is 14.0. The number of morpholine rings is 1. The van der Waals surface area contributed by atoms with Crippen molar-refractivity contribution in [3.05, 3.63) is 72.7 Å². The van der Waals surface area contributed by atoms with Crippen LogP contribution >= 0.6 is 0 Å². The Bertz CT molecular complexity index is 1290. The molecule has 0 radical (unpaired) electrons. The van der Waals surface area contributed by atoms with Crippen LogP contribution in [0, 0.1) is 0 Å². The average Bonchev–Trinajstić information content (AvgIpc) is 3.34. The lowest BCUT2D eigenvalue weighted by atomic mass is 10.0. The number of hydrogen-bond acceptors (Lipinski definition) is 5. The molecule has 4 aromatic rings. The first-order valence-corrected chi connectivity index (χ1v) is 13.6. The molecule has 0 aliphatic carbocycles. The van der Waals surface area contributed by atoms with Gasteiger partial charge in [0.05, 0.1) is 26.0 Å². The summed E-state index contributed by atoms with van der Waals surface area (Å²) in [5.74, 6) is -2.93. The Kier molecular flexibility index (Phi) is 8.35. The molecule has 0 spiro atoms. The van der Waals surface area contributed by atoms with Gasteiger partial charge in [-0.1, -0.05) is 50.2 Å². The monoisotopic (exact) mass is 513 g/mol. The predicted molar refractivity (Wildman–Crippen MR) is 141 cm³/mol. The Hall–Kier alpha value is -2.85. The normalized spacial score (nSPS) is 15.4. The number of benzene rings is 2. The van der Waals surface area contributed by atoms with Gasteiger partial charge in [-0.25, -0.2) is 9.50 Å². The van der Waals surface area contributed by atoms with Gasteiger partial charge in [0.1, 0.15) is 6.26 Å². The molecule has 1 fully saturated rings. The first-order chi connectivity index (χ1) is 17.4. The molecule has 2 aromatic carbocycles. The van der Waals surface area contributed by atoms with Gasteiger partial charge in [-0.3, -0.25) is 4.90 Å². The second-order valence-electron chi connectivity index (χ2n) is 8.35. The number of nitrogens with zero attached hydrogens (tertiary/aromatic N) is 4. The molecule has 36 heavy (non-hydrogen) atoms. The van der Waals surface area contributed by atoms with Gasteiger partial charge in [-0.15, -0.1) is 0 Å². The van der Waals surface area contributed by atoms with E-state index in [1.54, 1.807) is 40.2 Å². The number of fused-ring (bicyclic) bond motifs is 1. The van der Waals surface area contributed by atoms with Crippen molar-refractivity contribution in [2.24, 2.45) is 0 Å². The molecule has 1 aliphatic heterocycles. The molecule has 5 rings (SSSR count). The van der Waals surface area contributed by atoms with Crippen LogP contribution in [-0.2, 0) is 21.8 Å². The highest BCUT2D eigenvalue weighted by Gasteiger charge is 2.34. The van der Waals surface area contributed by atoms with E-state index in [4.69, 9.17) is 4.74 Å². The van der Waals surface area contributed by atoms with Crippen molar-refractivity contribution in [3.63, 3.8) is 0 Å². The van der Waals surface area contributed by atoms with Crippen LogP contribution in [0.5, 0.6) is 0 Å². The van der Waals surface area contributed by atoms with Gasteiger partial charge in [0.2, 0.25) is 0 Å². The predicted octanol–water partition coefficient (Wildman–Crippen LogP) is 5.59. The second kappa shape index (κ2) is 11.5. The Morgan fingerprint density at radius 3 is 2.42 bits per heavy atom. The lowest BCUT2D eigenvalue weighted by molar-refractivity contribution is -0.0617. The van der Waals surface area contributed by atoms with Crippen LogP contribution in [0.3, 0.4) is 0 Å². The summed E-state index contributed by atoms with van der Waals surface area (Å²) in [5, 5.41) is 4.44. The van der Waals surface area contributed by atoms with E-state index in [1.165, 1.54) is 12.1 Å². The highest BCUT2D eigenvalue weighted by Crippen LogP contribution is 2.32. The quantitative estimate of drug-likeness (QED) is 0.341. The Morgan fingerprint density at radius 2 is 1.72 bits per heavy atom. The van der Waals surface area contributed by atoms with Crippen LogP contribution in [0.4, 0.5) is 8.78 Å². The summed E-state index contributed by atoms with van der Waals surface area (Å²) in [6.07, 6.45) is 7.06. The molecule has 1 unspecified atom stereocenters. The molecule has 0 bridgehead atoms. The molecule has 1 N–H and O–H groups in total. The van der Waals surface area contributed by atoms with Gasteiger partial charge in [0.25, 0.3) is 5.92 Å². The number of rotatable bonds is 6. The van der Waals surface area contributed by atoms with E-state index in [1.807, 2.05) is 44.3 Å². The molecule has 1 saturated heterocycles. The zero-order chi connectivity index (χ0) is 25.7. The minimum Gasteiger partial charge on any atom is -0.379 e. The molecule has 0 saturated carbocycles. The summed E-state index contributed by atoms with van der Waals surface area (Å²) < 4.78 is 46.4. The van der Waals surface area contributed by atoms with E-state index >= 15 is 0 Å². The summed E-state index contributed by atoms with van der Waals surface area (Å²) in [6.45, 7) is 5.72. The van der Waals surface area contributed by atoms with Crippen molar-refractivity contribution in [1.82, 2.24) is 19.5 Å². The van der Waals surface area contributed by atoms with Crippen molar-refractivity contribution >= 4 is 16.8 Å². The zero-order valence-corrected chi connectivity index (χ0v) is 21.5. The van der Waals surface area contributed by atoms with Crippen molar-refractivity contribution in [2.45, 2.75) is 24.7 Å². The molecule has 1 atom stereocenters. The topological polar surface area (TPSA) is 62.9 Å². The summed E-state index contributed by atoms with van der Waals surface area (Å²) in [4.78, 5) is 7.17. The average molecular weight is 514 g/mol. The van der Waals surface area contributed by atoms with Crippen LogP contribution in [0.25, 0.3) is 27.9 Å². The number of aromatic nitrogens is 3. The fourth-order valence-electron chi connectivity index (χ4n) is 4.11. The third-order valence-corrected chi connectivity index (χ3v) is 6.95. The molecule has 1 aliphatic rings. The summed E-state index contributed by atoms with van der Waals surface area (Å²) in [5.41, 5.74) is 4.03. The first-order valence-electron chi connectivity index (χ1n) is 12.0. The van der Waals surface area contributed by atoms with Gasteiger partial charge in [-0.05, 0) is 17.2 Å². The maximum Gasteiger partial charge on any atom is 0.285 e. The Balaban J connectivity index is 0.00000148. The molecular formula is C27H31F2N4O2S+. The minimum absolute atomic E-state index is 0.00291. The van der Waals surface area contributed by atoms with Crippen LogP contribution in [0.1, 0.15) is 19.4 Å². The van der Waals surface area contributed by atoms with E-state index in [0.717, 1.165) is 27.1 Å². The lowest BCUT2D eigenvalue weighted by Gasteiger charge is -2.30. The third kappa shape index (κ3) is 5.75. The Morgan fingerprint density at radius 1 is 1.00 bits per heavy atom. The van der Waals surface area contributed by atoms with E-state index in [-0.39, 0.29) is 12.1 Å². The maximum atomic E-state index is 14.8. The van der Waals surface area contributed by atoms with Crippen LogP contribution in [0.15, 0.2) is 72.0 Å². The number of halogens is 2. The van der Waals surface area contributed by atoms with E-state index in [2.05, 4.69) is 10.1 Å². The first kappa shape index (κ1) is 26.2. The standard InChI is InChI=1S/C25H25F2N4O2S.C2H6/c1-34(32)22-4-2-3-19(13-22)23-15-29-31-16-20(14-28-24(23)31)18-5-7-21(8-6-18)25(26,27)17-30-9-11-33-12-10-30;1-2/h2-8,13-16,32H,9-12,17H2,1H3;1-2H3/q+1;. The van der Waals surface area contributed by atoms with Gasteiger partial charge in [0, 0.05) is 48.2 Å². The minimum atomic E-state index is -2.93. The van der Waals surface area contributed by atoms with Gasteiger partial charge < -0.3 is 4.74 Å². The SMILES string of the molecule is CC.C[S+](O)c1cccc(-c2cnn3cc(-c4ccc(C(F)(F)CN5CCOCC5)cc4)cnc23)c1. The number of alkyl halides is 2. The van der Waals surface area contributed by atoms with Crippen LogP contribution in [0.2, 0.25) is 0 Å². The maximum absolute atomic E-state index is 14.8. The molecule has 190 valence electrons. The molecule has 0 amide bonds. The number of hydrogen-bond donors (Lipinski definition) is 1. The van der Waals surface area contributed by atoms with Crippen molar-refractivity contribution in [3.8, 4) is 22.3 Å². The molecule has 2 aromatic heterocycles. The fourth-order valence-corrected chi connectivity index (χ4v) is 4.69. The highest BCUT2D eigenvalue weighted by atomic mass is 32.2. The fraction of sp³-hybridized carbons (Fsp3) is 0.333. The van der Waals surface area contributed by atoms with Gasteiger partial charge in [0.15, 0.2) is 21.7 Å². The Labute approximate surface area is 213 Å². The van der Waals surface area contributed by atoms with Crippen LogP contribution < -0.4 is 0 Å². The van der Waals surface area contributed by atoms with Crippen molar-refractivity contribution in [1.29, 1.82) is 0 Å². The van der Waals surface area contributed by atoms with E-state index in [0.29, 0.717) is 32.0 Å². The second-order valence-corrected chi connectivity index (χ2v) is 9.77. The van der Waals surface area contributed by atoms with E-state index in [9.17, 15) is 13.3 Å². The molecule has 9 heteroatoms. The molecule has 6 nitrogen and oxygen atoms in total. The highest BCUT2D eigenvalue weighted by molar-refractivity contribution is 7.90. The lowest BCUT2D eigenvalue weighted by Crippen LogP contribution is -2.42. The van der Waals surface area contributed by atoms with Crippen molar-refractivity contribution in [2.75, 3.05) is 39.1 Å². The smallest absolute Gasteiger partial charge is 0.285 e. The number of ether oxygens (including phenoxy) is 1. The largest absolute Gasteiger partial charge is 0.379 e. The third-order valence-electron chi connectivity index (χ3n) is 6.01. The summed E-state index contributed by atoms with van der Waals surface area (Å²) >= 11 is -0.833.